The molecule has 1 aromatic rings. The van der Waals surface area contributed by atoms with Gasteiger partial charge in [-0.2, -0.15) is 0 Å². The van der Waals surface area contributed by atoms with E-state index in [4.69, 9.17) is 5.41 Å². The molecule has 0 aliphatic heterocycles. The molecule has 0 radical (unpaired) electrons. The lowest BCUT2D eigenvalue weighted by Crippen LogP contribution is -2.45. The van der Waals surface area contributed by atoms with Crippen LogP contribution in [0.4, 0.5) is 5.69 Å². The number of thiophene rings is 1. The van der Waals surface area contributed by atoms with E-state index in [1.165, 1.54) is 6.21 Å². The number of nitrogens with one attached hydrogen (secondary N) is 1. The van der Waals surface area contributed by atoms with E-state index in [0.29, 0.717) is 29.4 Å². The van der Waals surface area contributed by atoms with Crippen molar-refractivity contribution in [1.29, 1.82) is 5.41 Å². The zero-order valence-electron chi connectivity index (χ0n) is 19.8. The van der Waals surface area contributed by atoms with Crippen LogP contribution < -0.4 is 4.90 Å². The van der Waals surface area contributed by atoms with Crippen LogP contribution in [0.2, 0.25) is 0 Å². The normalized spacial score (nSPS) is 19.8. The molecule has 1 heterocycles. The van der Waals surface area contributed by atoms with E-state index in [1.807, 2.05) is 27.7 Å². The summed E-state index contributed by atoms with van der Waals surface area (Å²) in [5.41, 5.74) is 0.206. The first kappa shape index (κ1) is 25.8. The van der Waals surface area contributed by atoms with Crippen LogP contribution in [0, 0.1) is 34.5 Å². The van der Waals surface area contributed by atoms with E-state index in [1.54, 1.807) is 17.2 Å². The van der Waals surface area contributed by atoms with E-state index in [9.17, 15) is 14.7 Å². The number of carbonyl (C=O) groups excluding carboxylic acids is 1. The number of carboxylic acids is 1. The van der Waals surface area contributed by atoms with Gasteiger partial charge in [0.15, 0.2) is 0 Å². The van der Waals surface area contributed by atoms with Crippen LogP contribution in [0.5, 0.6) is 0 Å². The summed E-state index contributed by atoms with van der Waals surface area (Å²) in [6, 6.07) is 1.44. The van der Waals surface area contributed by atoms with Crippen molar-refractivity contribution in [3.63, 3.8) is 0 Å². The molecule has 6 nitrogen and oxygen atoms in total. The van der Waals surface area contributed by atoms with Crippen molar-refractivity contribution in [3.8, 4) is 11.8 Å². The van der Waals surface area contributed by atoms with E-state index in [-0.39, 0.29) is 28.2 Å². The molecule has 1 fully saturated rings. The Morgan fingerprint density at radius 3 is 2.56 bits per heavy atom. The standard InChI is InChI=1S/C25H35N3O3S/c1-17-7-9-19(10-8-17)23(29)28(18(2)16-27-14-6-13-26)21-15-20(11-12-25(3,4)5)32-22(21)24(30)31/h13-15,17-19,26H,6-10,16H2,1-5H3,(H,30,31). The predicted molar refractivity (Wildman–Crippen MR) is 132 cm³/mol. The molecule has 1 saturated carbocycles. The van der Waals surface area contributed by atoms with Gasteiger partial charge in [0, 0.05) is 30.2 Å². The summed E-state index contributed by atoms with van der Waals surface area (Å²) in [6.45, 7) is 10.5. The van der Waals surface area contributed by atoms with E-state index in [0.717, 1.165) is 37.0 Å². The van der Waals surface area contributed by atoms with Gasteiger partial charge in [0.25, 0.3) is 0 Å². The molecule has 0 saturated heterocycles. The number of aromatic carboxylic acids is 1. The van der Waals surface area contributed by atoms with Gasteiger partial charge < -0.3 is 15.4 Å². The van der Waals surface area contributed by atoms with E-state index >= 15 is 0 Å². The maximum absolute atomic E-state index is 13.7. The molecule has 7 heteroatoms. The molecule has 1 amide bonds. The minimum Gasteiger partial charge on any atom is -0.477 e. The number of rotatable bonds is 8. The van der Waals surface area contributed by atoms with Crippen molar-refractivity contribution in [2.45, 2.75) is 72.8 Å². The Morgan fingerprint density at radius 2 is 2.00 bits per heavy atom. The monoisotopic (exact) mass is 457 g/mol. The fourth-order valence-electron chi connectivity index (χ4n) is 3.74. The lowest BCUT2D eigenvalue weighted by Gasteiger charge is -2.34. The Balaban J connectivity index is 2.46. The molecule has 1 aromatic heterocycles. The third kappa shape index (κ3) is 7.30. The average Bonchev–Trinajstić information content (AvgIpc) is 3.14. The molecule has 2 rings (SSSR count). The number of nitrogens with zero attached hydrogens (tertiary/aromatic N) is 2. The summed E-state index contributed by atoms with van der Waals surface area (Å²) in [7, 11) is 0. The maximum atomic E-state index is 13.7. The fraction of sp³-hybridized carbons (Fsp3) is 0.600. The zero-order valence-corrected chi connectivity index (χ0v) is 20.6. The summed E-state index contributed by atoms with van der Waals surface area (Å²) in [5.74, 6) is 5.67. The van der Waals surface area contributed by atoms with Crippen LogP contribution >= 0.6 is 11.3 Å². The van der Waals surface area contributed by atoms with Gasteiger partial charge in [-0.1, -0.05) is 18.8 Å². The first-order valence-electron chi connectivity index (χ1n) is 11.2. The van der Waals surface area contributed by atoms with Gasteiger partial charge in [-0.3, -0.25) is 9.79 Å². The summed E-state index contributed by atoms with van der Waals surface area (Å²) < 4.78 is 0. The molecule has 1 atom stereocenters. The van der Waals surface area contributed by atoms with Crippen LogP contribution in [-0.2, 0) is 4.79 Å². The van der Waals surface area contributed by atoms with Crippen LogP contribution in [0.15, 0.2) is 11.1 Å². The molecule has 0 spiro atoms. The Kier molecular flexibility index (Phi) is 9.21. The first-order chi connectivity index (χ1) is 15.0. The molecule has 174 valence electrons. The lowest BCUT2D eigenvalue weighted by molar-refractivity contribution is -0.123. The smallest absolute Gasteiger partial charge is 0.348 e. The van der Waals surface area contributed by atoms with Gasteiger partial charge in [0.1, 0.15) is 4.88 Å². The van der Waals surface area contributed by atoms with Gasteiger partial charge in [-0.05, 0) is 65.4 Å². The van der Waals surface area contributed by atoms with Gasteiger partial charge >= 0.3 is 5.97 Å². The number of carbonyl (C=O) groups is 2. The number of carboxylic acid groups (broad SMARTS) is 1. The highest BCUT2D eigenvalue weighted by atomic mass is 32.1. The first-order valence-corrected chi connectivity index (χ1v) is 12.1. The molecule has 1 unspecified atom stereocenters. The number of amides is 1. The third-order valence-electron chi connectivity index (χ3n) is 5.49. The van der Waals surface area contributed by atoms with Crippen molar-refractivity contribution >= 4 is 41.3 Å². The van der Waals surface area contributed by atoms with Crippen molar-refractivity contribution in [1.82, 2.24) is 0 Å². The Bertz CT molecular complexity index is 909. The van der Waals surface area contributed by atoms with Gasteiger partial charge in [-0.25, -0.2) is 4.79 Å². The minimum atomic E-state index is -1.05. The molecule has 32 heavy (non-hydrogen) atoms. The lowest BCUT2D eigenvalue weighted by atomic mass is 9.82. The largest absolute Gasteiger partial charge is 0.477 e. The second kappa shape index (κ2) is 11.4. The molecule has 0 aromatic carbocycles. The fourth-order valence-corrected chi connectivity index (χ4v) is 4.58. The summed E-state index contributed by atoms with van der Waals surface area (Å²) >= 11 is 1.12. The van der Waals surface area contributed by atoms with Crippen molar-refractivity contribution in [2.75, 3.05) is 11.4 Å². The van der Waals surface area contributed by atoms with E-state index in [2.05, 4.69) is 23.8 Å². The molecular weight excluding hydrogens is 422 g/mol. The maximum Gasteiger partial charge on any atom is 0.348 e. The quantitative estimate of drug-likeness (QED) is 0.398. The third-order valence-corrected chi connectivity index (χ3v) is 6.52. The highest BCUT2D eigenvalue weighted by molar-refractivity contribution is 7.15. The van der Waals surface area contributed by atoms with Crippen LogP contribution in [0.25, 0.3) is 0 Å². The molecular formula is C25H35N3O3S. The minimum absolute atomic E-state index is 0.0257. The Hall–Kier alpha value is -2.46. The van der Waals surface area contributed by atoms with Crippen molar-refractivity contribution in [2.24, 2.45) is 22.2 Å². The Labute approximate surface area is 195 Å². The van der Waals surface area contributed by atoms with Gasteiger partial charge in [-0.15, -0.1) is 11.3 Å². The van der Waals surface area contributed by atoms with Crippen molar-refractivity contribution in [3.05, 3.63) is 15.8 Å². The van der Waals surface area contributed by atoms with Crippen LogP contribution in [-0.4, -0.2) is 42.0 Å². The topological polar surface area (TPSA) is 93.8 Å². The Morgan fingerprint density at radius 1 is 1.34 bits per heavy atom. The molecule has 2 N–H and O–H groups in total. The van der Waals surface area contributed by atoms with Gasteiger partial charge in [0.05, 0.1) is 23.2 Å². The average molecular weight is 458 g/mol. The number of hydrogen-bond acceptors (Lipinski definition) is 5. The molecule has 1 aliphatic rings. The van der Waals surface area contributed by atoms with Crippen LogP contribution in [0.1, 0.15) is 81.3 Å². The predicted octanol–water partition coefficient (Wildman–Crippen LogP) is 5.50. The molecule has 1 aliphatic carbocycles. The zero-order chi connectivity index (χ0) is 23.9. The number of aliphatic imine (C=N–C) groups is 1. The number of anilines is 1. The SMILES string of the molecule is CC1CCC(C(=O)N(c2cc(C#CC(C)(C)C)sc2C(=O)O)C(C)CN=CCC=N)CC1. The highest BCUT2D eigenvalue weighted by Gasteiger charge is 2.34. The van der Waals surface area contributed by atoms with Gasteiger partial charge in [0.2, 0.25) is 5.91 Å². The van der Waals surface area contributed by atoms with E-state index < -0.39 is 5.97 Å². The highest BCUT2D eigenvalue weighted by Crippen LogP contribution is 2.36. The number of hydrogen-bond donors (Lipinski definition) is 2. The second-order valence-corrected chi connectivity index (χ2v) is 10.7. The van der Waals surface area contributed by atoms with Crippen LogP contribution in [0.3, 0.4) is 0 Å². The summed E-state index contributed by atoms with van der Waals surface area (Å²) in [6.07, 6.45) is 7.02. The van der Waals surface area contributed by atoms with Crippen molar-refractivity contribution < 1.29 is 14.7 Å². The summed E-state index contributed by atoms with van der Waals surface area (Å²) in [4.78, 5) is 32.5. The summed E-state index contributed by atoms with van der Waals surface area (Å²) in [5, 5.41) is 17.0. The second-order valence-electron chi connectivity index (χ2n) is 9.63. The molecule has 0 bridgehead atoms.